The molecule has 98 valence electrons. The molecule has 1 N–H and O–H groups in total. The Morgan fingerprint density at radius 3 is 2.94 bits per heavy atom. The number of esters is 1. The largest absolute Gasteiger partial charge is 0.458 e. The molecule has 0 aromatic carbocycles. The van der Waals surface area contributed by atoms with Crippen LogP contribution in [0.15, 0.2) is 23.3 Å². The average molecular weight is 248 g/mol. The number of hydrogen-bond donors (Lipinski definition) is 1. The second-order valence-electron chi connectivity index (χ2n) is 6.23. The van der Waals surface area contributed by atoms with Crippen molar-refractivity contribution in [1.29, 1.82) is 0 Å². The van der Waals surface area contributed by atoms with Crippen molar-refractivity contribution in [2.75, 3.05) is 0 Å². The van der Waals surface area contributed by atoms with Crippen LogP contribution in [0.4, 0.5) is 0 Å². The van der Waals surface area contributed by atoms with Crippen molar-refractivity contribution >= 4 is 5.97 Å². The third-order valence-corrected chi connectivity index (χ3v) is 5.03. The quantitative estimate of drug-likeness (QED) is 0.406. The molecule has 2 aliphatic carbocycles. The fraction of sp³-hybridized carbons (Fsp3) is 0.667. The van der Waals surface area contributed by atoms with Crippen LogP contribution >= 0.6 is 0 Å². The maximum atomic E-state index is 11.6. The van der Waals surface area contributed by atoms with Crippen LogP contribution < -0.4 is 0 Å². The van der Waals surface area contributed by atoms with Crippen molar-refractivity contribution in [3.63, 3.8) is 0 Å². The first-order valence-electron chi connectivity index (χ1n) is 6.71. The van der Waals surface area contributed by atoms with Crippen LogP contribution in [-0.4, -0.2) is 22.8 Å². The Bertz CT molecular complexity index is 458. The van der Waals surface area contributed by atoms with Gasteiger partial charge in [-0.2, -0.15) is 0 Å². The van der Waals surface area contributed by atoms with Crippen molar-refractivity contribution in [2.45, 2.75) is 51.2 Å². The molecule has 2 fully saturated rings. The van der Waals surface area contributed by atoms with Gasteiger partial charge < -0.3 is 9.84 Å². The summed E-state index contributed by atoms with van der Waals surface area (Å²) in [4.78, 5) is 11.6. The molecule has 0 aromatic rings. The average Bonchev–Trinajstić information content (AvgIpc) is 2.65. The number of carbonyl (C=O) groups is 1. The standard InChI is InChI=1S/C15H20O3/c1-8-6-13-11(9(2)14(16)18-13)7-12-10(8)4-5-15(12,3)17/h11-13,17H,2,4-7H2,1,3H3. The van der Waals surface area contributed by atoms with E-state index in [0.717, 1.165) is 25.7 Å². The molecule has 3 nitrogen and oxygen atoms in total. The van der Waals surface area contributed by atoms with Gasteiger partial charge in [-0.05, 0) is 33.1 Å². The molecule has 0 spiro atoms. The van der Waals surface area contributed by atoms with E-state index in [2.05, 4.69) is 13.5 Å². The van der Waals surface area contributed by atoms with Gasteiger partial charge in [-0.1, -0.05) is 17.7 Å². The smallest absolute Gasteiger partial charge is 0.334 e. The summed E-state index contributed by atoms with van der Waals surface area (Å²) in [6.45, 7) is 7.90. The molecule has 0 radical (unpaired) electrons. The van der Waals surface area contributed by atoms with Crippen LogP contribution in [0.25, 0.3) is 0 Å². The molecule has 0 aromatic heterocycles. The van der Waals surface area contributed by atoms with Gasteiger partial charge >= 0.3 is 5.97 Å². The van der Waals surface area contributed by atoms with Crippen LogP contribution in [0.1, 0.15) is 39.5 Å². The lowest BCUT2D eigenvalue weighted by molar-refractivity contribution is -0.139. The predicted molar refractivity (Wildman–Crippen MR) is 67.8 cm³/mol. The SMILES string of the molecule is C=C1C(=O)OC2CC(C)=C3CCC(C)(O)C3CC12. The lowest BCUT2D eigenvalue weighted by Gasteiger charge is -2.28. The zero-order chi connectivity index (χ0) is 13.1. The Labute approximate surface area is 108 Å². The van der Waals surface area contributed by atoms with E-state index in [0.29, 0.717) is 5.57 Å². The Morgan fingerprint density at radius 2 is 2.22 bits per heavy atom. The van der Waals surface area contributed by atoms with Gasteiger partial charge in [-0.3, -0.25) is 0 Å². The molecule has 18 heavy (non-hydrogen) atoms. The highest BCUT2D eigenvalue weighted by molar-refractivity contribution is 5.90. The van der Waals surface area contributed by atoms with E-state index in [-0.39, 0.29) is 23.9 Å². The Kier molecular flexibility index (Phi) is 2.46. The molecule has 0 amide bonds. The molecule has 1 heterocycles. The molecular weight excluding hydrogens is 228 g/mol. The maximum Gasteiger partial charge on any atom is 0.334 e. The van der Waals surface area contributed by atoms with Crippen molar-refractivity contribution in [1.82, 2.24) is 0 Å². The topological polar surface area (TPSA) is 46.5 Å². The first-order chi connectivity index (χ1) is 8.40. The Morgan fingerprint density at radius 1 is 1.50 bits per heavy atom. The monoisotopic (exact) mass is 248 g/mol. The summed E-state index contributed by atoms with van der Waals surface area (Å²) in [6, 6.07) is 0. The van der Waals surface area contributed by atoms with Gasteiger partial charge in [0, 0.05) is 23.8 Å². The summed E-state index contributed by atoms with van der Waals surface area (Å²) in [5, 5.41) is 10.5. The second kappa shape index (κ2) is 3.70. The van der Waals surface area contributed by atoms with Gasteiger partial charge in [-0.25, -0.2) is 4.79 Å². The fourth-order valence-electron chi connectivity index (χ4n) is 3.85. The molecule has 3 aliphatic rings. The van der Waals surface area contributed by atoms with Gasteiger partial charge in [0.1, 0.15) is 6.10 Å². The van der Waals surface area contributed by atoms with Crippen LogP contribution in [-0.2, 0) is 9.53 Å². The number of hydrogen-bond acceptors (Lipinski definition) is 3. The minimum absolute atomic E-state index is 0.0566. The zero-order valence-electron chi connectivity index (χ0n) is 11.0. The molecule has 4 atom stereocenters. The molecule has 1 saturated carbocycles. The van der Waals surface area contributed by atoms with Crippen molar-refractivity contribution < 1.29 is 14.6 Å². The van der Waals surface area contributed by atoms with Gasteiger partial charge in [-0.15, -0.1) is 0 Å². The summed E-state index contributed by atoms with van der Waals surface area (Å²) in [5.41, 5.74) is 2.64. The first kappa shape index (κ1) is 12.0. The minimum Gasteiger partial charge on any atom is -0.458 e. The highest BCUT2D eigenvalue weighted by Crippen LogP contribution is 2.50. The number of rotatable bonds is 0. The number of carbonyl (C=O) groups excluding carboxylic acids is 1. The zero-order valence-corrected chi connectivity index (χ0v) is 11.0. The van der Waals surface area contributed by atoms with Crippen molar-refractivity contribution in [3.05, 3.63) is 23.3 Å². The van der Waals surface area contributed by atoms with E-state index in [4.69, 9.17) is 4.74 Å². The summed E-state index contributed by atoms with van der Waals surface area (Å²) in [7, 11) is 0. The molecule has 1 saturated heterocycles. The maximum absolute atomic E-state index is 11.6. The Hall–Kier alpha value is -1.09. The van der Waals surface area contributed by atoms with Crippen LogP contribution in [0, 0.1) is 11.8 Å². The van der Waals surface area contributed by atoms with Crippen molar-refractivity contribution in [3.8, 4) is 0 Å². The molecule has 4 unspecified atom stereocenters. The van der Waals surface area contributed by atoms with E-state index in [9.17, 15) is 9.90 Å². The predicted octanol–water partition coefficient (Wildman–Crippen LogP) is 2.36. The summed E-state index contributed by atoms with van der Waals surface area (Å²) in [5.74, 6) is -0.00263. The molecule has 1 aliphatic heterocycles. The number of ether oxygens (including phenoxy) is 1. The van der Waals surface area contributed by atoms with Crippen LogP contribution in [0.3, 0.4) is 0 Å². The first-order valence-corrected chi connectivity index (χ1v) is 6.71. The summed E-state index contributed by atoms with van der Waals surface area (Å²) < 4.78 is 5.41. The van der Waals surface area contributed by atoms with E-state index in [1.807, 2.05) is 6.92 Å². The van der Waals surface area contributed by atoms with Crippen LogP contribution in [0.5, 0.6) is 0 Å². The highest BCUT2D eigenvalue weighted by Gasteiger charge is 2.49. The van der Waals surface area contributed by atoms with E-state index in [1.165, 1.54) is 11.1 Å². The summed E-state index contributed by atoms with van der Waals surface area (Å²) in [6.07, 6.45) is 3.34. The molecule has 3 rings (SSSR count). The van der Waals surface area contributed by atoms with Gasteiger partial charge in [0.15, 0.2) is 0 Å². The fourth-order valence-corrected chi connectivity index (χ4v) is 3.85. The highest BCUT2D eigenvalue weighted by atomic mass is 16.6. The normalized spacial score (nSPS) is 43.6. The van der Waals surface area contributed by atoms with Gasteiger partial charge in [0.05, 0.1) is 5.60 Å². The van der Waals surface area contributed by atoms with E-state index >= 15 is 0 Å². The molecule has 3 heteroatoms. The van der Waals surface area contributed by atoms with E-state index < -0.39 is 5.60 Å². The Balaban J connectivity index is 1.99. The third-order valence-electron chi connectivity index (χ3n) is 5.03. The molecular formula is C15H20O3. The van der Waals surface area contributed by atoms with Gasteiger partial charge in [0.2, 0.25) is 0 Å². The summed E-state index contributed by atoms with van der Waals surface area (Å²) >= 11 is 0. The minimum atomic E-state index is -0.641. The molecule has 0 bridgehead atoms. The third kappa shape index (κ3) is 1.57. The van der Waals surface area contributed by atoms with Crippen molar-refractivity contribution in [2.24, 2.45) is 11.8 Å². The van der Waals surface area contributed by atoms with Gasteiger partial charge in [0.25, 0.3) is 0 Å². The lowest BCUT2D eigenvalue weighted by Crippen LogP contribution is -2.31. The van der Waals surface area contributed by atoms with Crippen LogP contribution in [0.2, 0.25) is 0 Å². The number of fused-ring (bicyclic) bond motifs is 2. The second-order valence-corrected chi connectivity index (χ2v) is 6.23. The lowest BCUT2D eigenvalue weighted by atomic mass is 9.81. The van der Waals surface area contributed by atoms with E-state index in [1.54, 1.807) is 0 Å². The number of aliphatic hydroxyl groups is 1.